The van der Waals surface area contributed by atoms with Crippen molar-refractivity contribution in [2.75, 3.05) is 13.1 Å². The molecule has 0 saturated carbocycles. The lowest BCUT2D eigenvalue weighted by atomic mass is 9.88. The number of rotatable bonds is 3. The van der Waals surface area contributed by atoms with E-state index in [4.69, 9.17) is 0 Å². The number of hydrogen-bond acceptors (Lipinski definition) is 3. The second-order valence-electron chi connectivity index (χ2n) is 7.95. The van der Waals surface area contributed by atoms with Crippen molar-refractivity contribution in [3.8, 4) is 0 Å². The average Bonchev–Trinajstić information content (AvgIpc) is 2.53. The molecule has 2 aromatic rings. The van der Waals surface area contributed by atoms with Crippen molar-refractivity contribution in [2.45, 2.75) is 46.1 Å². The Hall–Kier alpha value is -1.94. The summed E-state index contributed by atoms with van der Waals surface area (Å²) in [5.74, 6) is -0.894. The number of nitrogens with zero attached hydrogens (tertiary/aromatic N) is 2. The third kappa shape index (κ3) is 3.44. The van der Waals surface area contributed by atoms with Gasteiger partial charge in [-0.25, -0.2) is 4.79 Å². The number of likely N-dealkylation sites (tertiary alicyclic amines) is 1. The molecule has 0 amide bonds. The molecule has 3 rings (SSSR count). The summed E-state index contributed by atoms with van der Waals surface area (Å²) in [5, 5.41) is 10.2. The van der Waals surface area contributed by atoms with Crippen molar-refractivity contribution in [2.24, 2.45) is 5.41 Å². The minimum absolute atomic E-state index is 0.236. The number of carboxylic acid groups (broad SMARTS) is 1. The first-order valence-corrected chi connectivity index (χ1v) is 8.72. The van der Waals surface area contributed by atoms with Crippen LogP contribution in [0, 0.1) is 5.41 Å². The van der Waals surface area contributed by atoms with Gasteiger partial charge in [-0.15, -0.1) is 0 Å². The van der Waals surface area contributed by atoms with Gasteiger partial charge in [0, 0.05) is 24.2 Å². The van der Waals surface area contributed by atoms with E-state index < -0.39 is 5.97 Å². The van der Waals surface area contributed by atoms with Crippen molar-refractivity contribution in [3.05, 3.63) is 41.6 Å². The number of carbonyl (C=O) groups is 1. The molecular weight excluding hydrogens is 300 g/mol. The van der Waals surface area contributed by atoms with Crippen LogP contribution < -0.4 is 0 Å². The number of aromatic carboxylic acids is 1. The lowest BCUT2D eigenvalue weighted by Gasteiger charge is -2.40. The molecule has 2 heterocycles. The van der Waals surface area contributed by atoms with Gasteiger partial charge in [0.15, 0.2) is 0 Å². The Balaban J connectivity index is 2.07. The van der Waals surface area contributed by atoms with E-state index in [2.05, 4.69) is 30.7 Å². The van der Waals surface area contributed by atoms with Crippen LogP contribution in [0.5, 0.6) is 0 Å². The van der Waals surface area contributed by atoms with Crippen LogP contribution in [0.4, 0.5) is 0 Å². The molecule has 1 aliphatic heterocycles. The van der Waals surface area contributed by atoms with Crippen LogP contribution in [-0.4, -0.2) is 34.0 Å². The molecular formula is C20H26N2O2. The molecule has 4 heteroatoms. The van der Waals surface area contributed by atoms with Crippen LogP contribution in [-0.2, 0) is 0 Å². The first kappa shape index (κ1) is 16.9. The van der Waals surface area contributed by atoms with Gasteiger partial charge in [-0.1, -0.05) is 39.3 Å². The number of benzene rings is 1. The molecule has 1 unspecified atom stereocenters. The van der Waals surface area contributed by atoms with Crippen molar-refractivity contribution >= 4 is 16.9 Å². The van der Waals surface area contributed by atoms with Gasteiger partial charge in [0.25, 0.3) is 0 Å². The molecule has 1 aromatic carbocycles. The zero-order valence-electron chi connectivity index (χ0n) is 14.7. The lowest BCUT2D eigenvalue weighted by Crippen LogP contribution is -2.39. The van der Waals surface area contributed by atoms with E-state index in [-0.39, 0.29) is 5.41 Å². The van der Waals surface area contributed by atoms with E-state index in [0.29, 0.717) is 11.6 Å². The number of aromatic nitrogens is 1. The number of hydrogen-bond donors (Lipinski definition) is 1. The minimum Gasteiger partial charge on any atom is -0.478 e. The van der Waals surface area contributed by atoms with Gasteiger partial charge in [0.1, 0.15) is 0 Å². The molecule has 1 N–H and O–H groups in total. The molecule has 1 saturated heterocycles. The fraction of sp³-hybridized carbons (Fsp3) is 0.500. The maximum atomic E-state index is 11.5. The summed E-state index contributed by atoms with van der Waals surface area (Å²) in [7, 11) is 0. The summed E-state index contributed by atoms with van der Waals surface area (Å²) in [6.07, 6.45) is 5.30. The van der Waals surface area contributed by atoms with Gasteiger partial charge in [-0.2, -0.15) is 0 Å². The van der Waals surface area contributed by atoms with E-state index in [0.717, 1.165) is 30.4 Å². The average molecular weight is 326 g/mol. The highest BCUT2D eigenvalue weighted by Crippen LogP contribution is 2.36. The van der Waals surface area contributed by atoms with E-state index in [9.17, 15) is 9.90 Å². The summed E-state index contributed by atoms with van der Waals surface area (Å²) in [5.41, 5.74) is 2.57. The Bertz CT molecular complexity index is 749. The number of fused-ring (bicyclic) bond motifs is 1. The molecule has 0 spiro atoms. The fourth-order valence-corrected chi connectivity index (χ4v) is 3.79. The molecule has 0 aliphatic carbocycles. The van der Waals surface area contributed by atoms with Gasteiger partial charge in [0.2, 0.25) is 0 Å². The molecule has 0 bridgehead atoms. The Morgan fingerprint density at radius 3 is 2.79 bits per heavy atom. The Morgan fingerprint density at radius 1 is 1.29 bits per heavy atom. The maximum Gasteiger partial charge on any atom is 0.336 e. The Labute approximate surface area is 143 Å². The number of pyridine rings is 1. The highest BCUT2D eigenvalue weighted by Gasteiger charge is 2.29. The SMILES string of the molecule is CC(C)(C)CN1CCCCC1c1ccc(C(=O)O)c2cccnc12. The highest BCUT2D eigenvalue weighted by molar-refractivity contribution is 6.03. The first-order chi connectivity index (χ1) is 11.4. The molecule has 24 heavy (non-hydrogen) atoms. The lowest BCUT2D eigenvalue weighted by molar-refractivity contribution is 0.0699. The van der Waals surface area contributed by atoms with Crippen LogP contribution in [0.1, 0.15) is 62.0 Å². The normalized spacial score (nSPS) is 19.5. The standard InChI is InChI=1S/C20H26N2O2/c1-20(2,3)13-22-12-5-4-8-17(22)16-10-9-15(19(23)24)14-7-6-11-21-18(14)16/h6-7,9-11,17H,4-5,8,12-13H2,1-3H3,(H,23,24). The second kappa shape index (κ2) is 6.52. The van der Waals surface area contributed by atoms with Crippen LogP contribution in [0.2, 0.25) is 0 Å². The second-order valence-corrected chi connectivity index (χ2v) is 7.95. The smallest absolute Gasteiger partial charge is 0.336 e. The van der Waals surface area contributed by atoms with Crippen molar-refractivity contribution in [1.82, 2.24) is 9.88 Å². The van der Waals surface area contributed by atoms with Gasteiger partial charge < -0.3 is 5.11 Å². The van der Waals surface area contributed by atoms with Crippen LogP contribution in [0.15, 0.2) is 30.5 Å². The van der Waals surface area contributed by atoms with Crippen molar-refractivity contribution < 1.29 is 9.90 Å². The Morgan fingerprint density at radius 2 is 2.08 bits per heavy atom. The van der Waals surface area contributed by atoms with Crippen molar-refractivity contribution in [3.63, 3.8) is 0 Å². The monoisotopic (exact) mass is 326 g/mol. The third-order valence-corrected chi connectivity index (χ3v) is 4.68. The van der Waals surface area contributed by atoms with Crippen LogP contribution >= 0.6 is 0 Å². The third-order valence-electron chi connectivity index (χ3n) is 4.68. The zero-order valence-corrected chi connectivity index (χ0v) is 14.7. The summed E-state index contributed by atoms with van der Waals surface area (Å²) < 4.78 is 0. The van der Waals surface area contributed by atoms with Gasteiger partial charge in [-0.05, 0) is 42.5 Å². The zero-order chi connectivity index (χ0) is 17.3. The largest absolute Gasteiger partial charge is 0.478 e. The van der Waals surface area contributed by atoms with Gasteiger partial charge in [0.05, 0.1) is 11.1 Å². The van der Waals surface area contributed by atoms with Crippen molar-refractivity contribution in [1.29, 1.82) is 0 Å². The first-order valence-electron chi connectivity index (χ1n) is 8.72. The molecule has 128 valence electrons. The molecule has 0 radical (unpaired) electrons. The van der Waals surface area contributed by atoms with E-state index in [1.165, 1.54) is 18.4 Å². The quantitative estimate of drug-likeness (QED) is 0.902. The summed E-state index contributed by atoms with van der Waals surface area (Å²) in [4.78, 5) is 18.6. The highest BCUT2D eigenvalue weighted by atomic mass is 16.4. The predicted octanol–water partition coefficient (Wildman–Crippen LogP) is 4.51. The molecule has 4 nitrogen and oxygen atoms in total. The molecule has 1 fully saturated rings. The minimum atomic E-state index is -0.894. The van der Waals surface area contributed by atoms with Gasteiger partial charge in [-0.3, -0.25) is 9.88 Å². The van der Waals surface area contributed by atoms with E-state index in [1.807, 2.05) is 18.2 Å². The van der Waals surface area contributed by atoms with Crippen LogP contribution in [0.3, 0.4) is 0 Å². The predicted molar refractivity (Wildman–Crippen MR) is 96.3 cm³/mol. The number of piperidine rings is 1. The summed E-state index contributed by atoms with van der Waals surface area (Å²) in [6, 6.07) is 7.72. The molecule has 1 atom stereocenters. The van der Waals surface area contributed by atoms with Gasteiger partial charge >= 0.3 is 5.97 Å². The number of carboxylic acids is 1. The summed E-state index contributed by atoms with van der Waals surface area (Å²) >= 11 is 0. The summed E-state index contributed by atoms with van der Waals surface area (Å²) in [6.45, 7) is 8.93. The molecule has 1 aliphatic rings. The fourth-order valence-electron chi connectivity index (χ4n) is 3.79. The Kier molecular flexibility index (Phi) is 4.59. The maximum absolute atomic E-state index is 11.5. The van der Waals surface area contributed by atoms with E-state index in [1.54, 1.807) is 12.3 Å². The molecule has 1 aromatic heterocycles. The topological polar surface area (TPSA) is 53.4 Å². The van der Waals surface area contributed by atoms with E-state index >= 15 is 0 Å². The van der Waals surface area contributed by atoms with Crippen LogP contribution in [0.25, 0.3) is 10.9 Å².